The van der Waals surface area contributed by atoms with Crippen molar-refractivity contribution in [3.63, 3.8) is 0 Å². The monoisotopic (exact) mass is 386 g/mol. The molecule has 0 bridgehead atoms. The predicted molar refractivity (Wildman–Crippen MR) is 108 cm³/mol. The second-order valence-electron chi connectivity index (χ2n) is 6.68. The molecule has 0 aliphatic carbocycles. The molecule has 0 spiro atoms. The number of para-hydroxylation sites is 1. The van der Waals surface area contributed by atoms with Gasteiger partial charge in [-0.15, -0.1) is 0 Å². The van der Waals surface area contributed by atoms with Crippen LogP contribution in [0.2, 0.25) is 5.02 Å². The number of nitrogens with zero attached hydrogens (tertiary/aromatic N) is 2. The molecule has 3 amide bonds. The van der Waals surface area contributed by atoms with Crippen LogP contribution in [-0.4, -0.2) is 44.0 Å². The first-order chi connectivity index (χ1) is 13.0. The topological polar surface area (TPSA) is 64.7 Å². The highest BCUT2D eigenvalue weighted by Crippen LogP contribution is 2.32. The summed E-state index contributed by atoms with van der Waals surface area (Å²) in [5.74, 6) is -0.300. The summed E-state index contributed by atoms with van der Waals surface area (Å²) < 4.78 is 0. The average Bonchev–Trinajstić information content (AvgIpc) is 2.65. The summed E-state index contributed by atoms with van der Waals surface area (Å²) in [5.41, 5.74) is 3.76. The van der Waals surface area contributed by atoms with Crippen LogP contribution in [0.5, 0.6) is 0 Å². The van der Waals surface area contributed by atoms with Gasteiger partial charge in [0.2, 0.25) is 5.91 Å². The third kappa shape index (κ3) is 4.52. The van der Waals surface area contributed by atoms with Gasteiger partial charge in [0.25, 0.3) is 0 Å². The van der Waals surface area contributed by atoms with Crippen molar-refractivity contribution in [2.75, 3.05) is 37.4 Å². The zero-order valence-electron chi connectivity index (χ0n) is 15.5. The zero-order valence-corrected chi connectivity index (χ0v) is 16.2. The van der Waals surface area contributed by atoms with Crippen molar-refractivity contribution in [3.8, 4) is 0 Å². The van der Waals surface area contributed by atoms with Crippen molar-refractivity contribution in [1.82, 2.24) is 10.2 Å². The van der Waals surface area contributed by atoms with Crippen LogP contribution in [-0.2, 0) is 17.8 Å². The van der Waals surface area contributed by atoms with Gasteiger partial charge in [-0.25, -0.2) is 4.79 Å². The molecule has 2 aromatic carbocycles. The number of benzene rings is 2. The Morgan fingerprint density at radius 2 is 1.85 bits per heavy atom. The fourth-order valence-electron chi connectivity index (χ4n) is 3.20. The highest BCUT2D eigenvalue weighted by molar-refractivity contribution is 6.34. The number of amides is 3. The van der Waals surface area contributed by atoms with E-state index >= 15 is 0 Å². The summed E-state index contributed by atoms with van der Waals surface area (Å²) in [6, 6.07) is 13.2. The van der Waals surface area contributed by atoms with E-state index < -0.39 is 0 Å². The Morgan fingerprint density at radius 1 is 1.11 bits per heavy atom. The third-order valence-corrected chi connectivity index (χ3v) is 4.83. The van der Waals surface area contributed by atoms with Crippen LogP contribution in [0, 0.1) is 0 Å². The summed E-state index contributed by atoms with van der Waals surface area (Å²) in [7, 11) is 3.71. The number of nitrogens with one attached hydrogen (secondary N) is 2. The van der Waals surface area contributed by atoms with Crippen LogP contribution < -0.4 is 15.5 Å². The first kappa shape index (κ1) is 19.0. The Morgan fingerprint density at radius 3 is 2.59 bits per heavy atom. The van der Waals surface area contributed by atoms with E-state index in [9.17, 15) is 9.59 Å². The van der Waals surface area contributed by atoms with Gasteiger partial charge >= 0.3 is 6.03 Å². The Bertz CT molecular complexity index is 854. The number of halogens is 1. The molecule has 3 rings (SSSR count). The molecule has 7 heteroatoms. The van der Waals surface area contributed by atoms with E-state index in [2.05, 4.69) is 16.7 Å². The van der Waals surface area contributed by atoms with Crippen molar-refractivity contribution in [2.45, 2.75) is 13.0 Å². The molecule has 1 heterocycles. The smallest absolute Gasteiger partial charge is 0.318 e. The number of carbonyl (C=O) groups is 2. The summed E-state index contributed by atoms with van der Waals surface area (Å²) in [6.45, 7) is 1.10. The van der Waals surface area contributed by atoms with E-state index in [0.717, 1.165) is 17.7 Å². The first-order valence-corrected chi connectivity index (χ1v) is 9.18. The molecule has 0 radical (unpaired) electrons. The minimum atomic E-state index is -0.300. The molecule has 27 heavy (non-hydrogen) atoms. The lowest BCUT2D eigenvalue weighted by Gasteiger charge is -2.28. The average molecular weight is 387 g/mol. The van der Waals surface area contributed by atoms with Crippen LogP contribution in [0.25, 0.3) is 0 Å². The maximum atomic E-state index is 12.4. The summed E-state index contributed by atoms with van der Waals surface area (Å²) >= 11 is 6.21. The fourth-order valence-corrected chi connectivity index (χ4v) is 3.55. The molecule has 1 aliphatic heterocycles. The van der Waals surface area contributed by atoms with Gasteiger partial charge in [0.15, 0.2) is 0 Å². The predicted octanol–water partition coefficient (Wildman–Crippen LogP) is 3.11. The highest BCUT2D eigenvalue weighted by Gasteiger charge is 2.21. The molecule has 142 valence electrons. The molecule has 0 unspecified atom stereocenters. The molecule has 0 saturated carbocycles. The van der Waals surface area contributed by atoms with E-state index in [-0.39, 0.29) is 18.5 Å². The standard InChI is InChI=1S/C20H23ClN4O2/c1-24(2)19-16(21)8-5-9-17(19)23-18(26)12-22-20(27)25-11-10-14-6-3-4-7-15(14)13-25/h3-9H,10-13H2,1-2H3,(H,22,27)(H,23,26). The molecule has 0 saturated heterocycles. The largest absolute Gasteiger partial charge is 0.375 e. The normalized spacial score (nSPS) is 12.9. The number of hydrogen-bond acceptors (Lipinski definition) is 3. The maximum Gasteiger partial charge on any atom is 0.318 e. The minimum Gasteiger partial charge on any atom is -0.375 e. The summed E-state index contributed by atoms with van der Waals surface area (Å²) in [4.78, 5) is 28.2. The Balaban J connectivity index is 1.56. The van der Waals surface area contributed by atoms with Crippen LogP contribution in [0.15, 0.2) is 42.5 Å². The SMILES string of the molecule is CN(C)c1c(Cl)cccc1NC(=O)CNC(=O)N1CCc2ccccc2C1. The molecule has 1 aliphatic rings. The van der Waals surface area contributed by atoms with Crippen molar-refractivity contribution >= 4 is 34.9 Å². The molecule has 6 nitrogen and oxygen atoms in total. The van der Waals surface area contributed by atoms with Crippen molar-refractivity contribution < 1.29 is 9.59 Å². The number of rotatable bonds is 4. The van der Waals surface area contributed by atoms with Gasteiger partial charge in [-0.3, -0.25) is 4.79 Å². The molecular formula is C20H23ClN4O2. The molecule has 0 aromatic heterocycles. The van der Waals surface area contributed by atoms with Crippen molar-refractivity contribution in [3.05, 3.63) is 58.6 Å². The summed E-state index contributed by atoms with van der Waals surface area (Å²) in [6.07, 6.45) is 0.824. The minimum absolute atomic E-state index is 0.101. The molecular weight excluding hydrogens is 364 g/mol. The van der Waals surface area contributed by atoms with E-state index in [0.29, 0.717) is 23.8 Å². The Hall–Kier alpha value is -2.73. The molecule has 2 aromatic rings. The molecule has 2 N–H and O–H groups in total. The highest BCUT2D eigenvalue weighted by atomic mass is 35.5. The molecule has 0 atom stereocenters. The number of carbonyl (C=O) groups excluding carboxylic acids is 2. The zero-order chi connectivity index (χ0) is 19.4. The Labute approximate surface area is 164 Å². The van der Waals surface area contributed by atoms with E-state index in [4.69, 9.17) is 11.6 Å². The van der Waals surface area contributed by atoms with E-state index in [1.165, 1.54) is 5.56 Å². The number of urea groups is 1. The van der Waals surface area contributed by atoms with Crippen molar-refractivity contribution in [2.24, 2.45) is 0 Å². The van der Waals surface area contributed by atoms with Crippen LogP contribution in [0.4, 0.5) is 16.2 Å². The van der Waals surface area contributed by atoms with E-state index in [1.54, 1.807) is 23.1 Å². The Kier molecular flexibility index (Phi) is 5.86. The second-order valence-corrected chi connectivity index (χ2v) is 7.08. The van der Waals surface area contributed by atoms with Gasteiger partial charge in [-0.1, -0.05) is 41.9 Å². The second kappa shape index (κ2) is 8.31. The van der Waals surface area contributed by atoms with Gasteiger partial charge in [-0.05, 0) is 29.7 Å². The first-order valence-electron chi connectivity index (χ1n) is 8.81. The number of fused-ring (bicyclic) bond motifs is 1. The van der Waals surface area contributed by atoms with Gasteiger partial charge < -0.3 is 20.4 Å². The van der Waals surface area contributed by atoms with Gasteiger partial charge in [0.1, 0.15) is 0 Å². The quantitative estimate of drug-likeness (QED) is 0.848. The van der Waals surface area contributed by atoms with E-state index in [1.807, 2.05) is 37.2 Å². The van der Waals surface area contributed by atoms with Gasteiger partial charge in [0.05, 0.1) is 22.9 Å². The van der Waals surface area contributed by atoms with Crippen molar-refractivity contribution in [1.29, 1.82) is 0 Å². The maximum absolute atomic E-state index is 12.4. The van der Waals surface area contributed by atoms with Crippen LogP contribution in [0.1, 0.15) is 11.1 Å². The third-order valence-electron chi connectivity index (χ3n) is 4.53. The van der Waals surface area contributed by atoms with Crippen LogP contribution in [0.3, 0.4) is 0 Å². The lowest BCUT2D eigenvalue weighted by atomic mass is 10.0. The van der Waals surface area contributed by atoms with Gasteiger partial charge in [-0.2, -0.15) is 0 Å². The fraction of sp³-hybridized carbons (Fsp3) is 0.300. The lowest BCUT2D eigenvalue weighted by molar-refractivity contribution is -0.115. The van der Waals surface area contributed by atoms with Gasteiger partial charge in [0, 0.05) is 27.2 Å². The number of anilines is 2. The number of hydrogen-bond donors (Lipinski definition) is 2. The summed E-state index contributed by atoms with van der Waals surface area (Å²) in [5, 5.41) is 6.05. The molecule has 0 fully saturated rings. The van der Waals surface area contributed by atoms with Crippen LogP contribution >= 0.6 is 11.6 Å². The lowest BCUT2D eigenvalue weighted by Crippen LogP contribution is -2.45.